The van der Waals surface area contributed by atoms with Crippen molar-refractivity contribution in [2.24, 2.45) is 0 Å². The van der Waals surface area contributed by atoms with Gasteiger partial charge >= 0.3 is 0 Å². The van der Waals surface area contributed by atoms with Gasteiger partial charge in [-0.2, -0.15) is 0 Å². The summed E-state index contributed by atoms with van der Waals surface area (Å²) in [6.07, 6.45) is 0. The first kappa shape index (κ1) is 23.2. The van der Waals surface area contributed by atoms with Gasteiger partial charge in [-0.15, -0.1) is 0 Å². The van der Waals surface area contributed by atoms with Crippen molar-refractivity contribution in [3.63, 3.8) is 0 Å². The molecule has 0 aromatic heterocycles. The average Bonchev–Trinajstić information content (AvgIpc) is 3.38. The molecule has 8 rings (SSSR count). The zero-order valence-corrected chi connectivity index (χ0v) is 22.7. The highest BCUT2D eigenvalue weighted by molar-refractivity contribution is 7.85. The van der Waals surface area contributed by atoms with Crippen LogP contribution in [0.5, 0.6) is 0 Å². The quantitative estimate of drug-likeness (QED) is 0.165. The van der Waals surface area contributed by atoms with Gasteiger partial charge in [-0.3, -0.25) is 0 Å². The van der Waals surface area contributed by atoms with Gasteiger partial charge in [-0.25, -0.2) is 0 Å². The van der Waals surface area contributed by atoms with Crippen LogP contribution in [0, 0.1) is 0 Å². The van der Waals surface area contributed by atoms with E-state index in [9.17, 15) is 4.57 Å². The second-order valence-corrected chi connectivity index (χ2v) is 13.2. The van der Waals surface area contributed by atoms with Gasteiger partial charge in [0.1, 0.15) is 0 Å². The van der Waals surface area contributed by atoms with Crippen molar-refractivity contribution < 1.29 is 4.57 Å². The molecule has 0 radical (unpaired) electrons. The Morgan fingerprint density at radius 1 is 0.350 bits per heavy atom. The molecule has 7 aromatic rings. The summed E-state index contributed by atoms with van der Waals surface area (Å²) in [6, 6.07) is 52.4. The predicted octanol–water partition coefficient (Wildman–Crippen LogP) is 8.95. The lowest BCUT2D eigenvalue weighted by molar-refractivity contribution is 0.592. The summed E-state index contributed by atoms with van der Waals surface area (Å²) in [5.41, 5.74) is 7.59. The molecule has 0 atom stereocenters. The third-order valence-corrected chi connectivity index (χ3v) is 11.4. The molecule has 0 heterocycles. The Balaban J connectivity index is 1.38. The molecule has 0 unspecified atom stereocenters. The van der Waals surface area contributed by atoms with Crippen LogP contribution in [-0.4, -0.2) is 0 Å². The fraction of sp³-hybridized carbons (Fsp3) is 0. The normalized spacial score (nSPS) is 12.1. The summed E-state index contributed by atoms with van der Waals surface area (Å²) in [5, 5.41) is 7.62. The van der Waals surface area contributed by atoms with Gasteiger partial charge in [-0.1, -0.05) is 152 Å². The van der Waals surface area contributed by atoms with Gasteiger partial charge in [-0.05, 0) is 54.9 Å². The topological polar surface area (TPSA) is 17.1 Å². The Kier molecular flexibility index (Phi) is 5.17. The van der Waals surface area contributed by atoms with E-state index in [0.717, 1.165) is 21.5 Å². The number of fused-ring (bicyclic) bond motifs is 5. The van der Waals surface area contributed by atoms with Crippen LogP contribution in [0.4, 0.5) is 0 Å². The Morgan fingerprint density at radius 2 is 0.825 bits per heavy atom. The molecule has 188 valence electrons. The standard InChI is InChI=1S/C38H25OP/c39-40(27-12-3-1-4-13-27,28-14-5-2-6-15-28)29-24-22-26(23-25-29)36-33-18-9-10-19-34(33)37-31-17-8-7-16-30(31)32-20-11-21-35(36)38(32)37/h1-25H. The van der Waals surface area contributed by atoms with Crippen molar-refractivity contribution in [1.82, 2.24) is 0 Å². The van der Waals surface area contributed by atoms with Crippen LogP contribution in [0.3, 0.4) is 0 Å². The maximum absolute atomic E-state index is 14.9. The molecule has 0 aliphatic heterocycles. The summed E-state index contributed by atoms with van der Waals surface area (Å²) in [5.74, 6) is 0. The van der Waals surface area contributed by atoms with Gasteiger partial charge in [0.25, 0.3) is 0 Å². The van der Waals surface area contributed by atoms with E-state index in [2.05, 4.69) is 91.0 Å². The smallest absolute Gasteiger partial charge is 0.171 e. The molecule has 0 spiro atoms. The van der Waals surface area contributed by atoms with E-state index in [1.807, 2.05) is 60.7 Å². The molecule has 1 aliphatic rings. The van der Waals surface area contributed by atoms with Crippen LogP contribution in [0.25, 0.3) is 54.9 Å². The Bertz CT molecular complexity index is 2070. The molecule has 1 aliphatic carbocycles. The van der Waals surface area contributed by atoms with Crippen LogP contribution in [-0.2, 0) is 4.57 Å². The number of hydrogen-bond donors (Lipinski definition) is 0. The van der Waals surface area contributed by atoms with Gasteiger partial charge in [0.05, 0.1) is 0 Å². The molecule has 0 bridgehead atoms. The van der Waals surface area contributed by atoms with E-state index in [0.29, 0.717) is 0 Å². The van der Waals surface area contributed by atoms with Crippen LogP contribution in [0.1, 0.15) is 0 Å². The molecule has 7 aromatic carbocycles. The van der Waals surface area contributed by atoms with Crippen molar-refractivity contribution >= 4 is 44.6 Å². The number of hydrogen-bond acceptors (Lipinski definition) is 1. The molecule has 40 heavy (non-hydrogen) atoms. The maximum Gasteiger partial charge on any atom is 0.171 e. The molecule has 0 saturated heterocycles. The SMILES string of the molecule is O=P(c1ccccc1)(c1ccccc1)c1ccc(-c2c3ccccc3c3c4c(cccc24)-c2ccccc2-3)cc1. The van der Waals surface area contributed by atoms with Crippen LogP contribution < -0.4 is 15.9 Å². The molecule has 2 heteroatoms. The van der Waals surface area contributed by atoms with Gasteiger partial charge < -0.3 is 4.57 Å². The predicted molar refractivity (Wildman–Crippen MR) is 171 cm³/mol. The fourth-order valence-electron chi connectivity index (χ4n) is 6.54. The van der Waals surface area contributed by atoms with Crippen molar-refractivity contribution in [2.45, 2.75) is 0 Å². The first-order valence-electron chi connectivity index (χ1n) is 13.6. The highest BCUT2D eigenvalue weighted by Crippen LogP contribution is 2.53. The summed E-state index contributed by atoms with van der Waals surface area (Å²) < 4.78 is 14.9. The fourth-order valence-corrected chi connectivity index (χ4v) is 9.19. The molecule has 0 fully saturated rings. The average molecular weight is 529 g/mol. The zero-order chi connectivity index (χ0) is 26.7. The second kappa shape index (κ2) is 8.91. The van der Waals surface area contributed by atoms with Crippen LogP contribution in [0.2, 0.25) is 0 Å². The van der Waals surface area contributed by atoms with Gasteiger partial charge in [0.2, 0.25) is 0 Å². The number of rotatable bonds is 4. The first-order chi connectivity index (χ1) is 19.7. The van der Waals surface area contributed by atoms with Crippen molar-refractivity contribution in [2.75, 3.05) is 0 Å². The number of benzene rings is 7. The summed E-state index contributed by atoms with van der Waals surface area (Å²) in [7, 11) is -3.03. The molecule has 1 nitrogen and oxygen atoms in total. The summed E-state index contributed by atoms with van der Waals surface area (Å²) in [4.78, 5) is 0. The minimum Gasteiger partial charge on any atom is -0.309 e. The largest absolute Gasteiger partial charge is 0.309 e. The maximum atomic E-state index is 14.9. The minimum atomic E-state index is -3.03. The minimum absolute atomic E-state index is 0.844. The third-order valence-electron chi connectivity index (χ3n) is 8.30. The highest BCUT2D eigenvalue weighted by Gasteiger charge is 2.30. The van der Waals surface area contributed by atoms with Gasteiger partial charge in [0, 0.05) is 15.9 Å². The van der Waals surface area contributed by atoms with Crippen molar-refractivity contribution in [3.05, 3.63) is 152 Å². The van der Waals surface area contributed by atoms with Crippen molar-refractivity contribution in [3.8, 4) is 33.4 Å². The van der Waals surface area contributed by atoms with Crippen LogP contribution in [0.15, 0.2) is 152 Å². The van der Waals surface area contributed by atoms with E-state index in [1.165, 1.54) is 49.4 Å². The Morgan fingerprint density at radius 3 is 1.48 bits per heavy atom. The lowest BCUT2D eigenvalue weighted by atomic mass is 9.88. The zero-order valence-electron chi connectivity index (χ0n) is 21.8. The third kappa shape index (κ3) is 3.25. The Labute approximate surface area is 233 Å². The lowest BCUT2D eigenvalue weighted by Gasteiger charge is -2.21. The van der Waals surface area contributed by atoms with E-state index < -0.39 is 7.14 Å². The molecule has 0 N–H and O–H groups in total. The molecule has 0 saturated carbocycles. The summed E-state index contributed by atoms with van der Waals surface area (Å²) >= 11 is 0. The lowest BCUT2D eigenvalue weighted by Crippen LogP contribution is -2.24. The summed E-state index contributed by atoms with van der Waals surface area (Å²) in [6.45, 7) is 0. The van der Waals surface area contributed by atoms with Crippen LogP contribution >= 0.6 is 7.14 Å². The van der Waals surface area contributed by atoms with Gasteiger partial charge in [0.15, 0.2) is 7.14 Å². The molecule has 0 amide bonds. The molecular weight excluding hydrogens is 503 g/mol. The van der Waals surface area contributed by atoms with E-state index in [4.69, 9.17) is 0 Å². The van der Waals surface area contributed by atoms with Crippen molar-refractivity contribution in [1.29, 1.82) is 0 Å². The molecular formula is C38H25OP. The second-order valence-electron chi connectivity index (χ2n) is 10.4. The Hall–Kier alpha value is -4.71. The van der Waals surface area contributed by atoms with E-state index >= 15 is 0 Å². The van der Waals surface area contributed by atoms with E-state index in [1.54, 1.807) is 0 Å². The van der Waals surface area contributed by atoms with E-state index in [-0.39, 0.29) is 0 Å². The first-order valence-corrected chi connectivity index (χ1v) is 15.4. The highest BCUT2D eigenvalue weighted by atomic mass is 31.2. The monoisotopic (exact) mass is 528 g/mol.